The molecule has 0 saturated heterocycles. The highest BCUT2D eigenvalue weighted by Crippen LogP contribution is 2.08. The normalized spacial score (nSPS) is 10.1. The van der Waals surface area contributed by atoms with Gasteiger partial charge in [0.15, 0.2) is 0 Å². The number of anilines is 2. The van der Waals surface area contributed by atoms with E-state index >= 15 is 0 Å². The predicted molar refractivity (Wildman–Crippen MR) is 65.6 cm³/mol. The van der Waals surface area contributed by atoms with E-state index in [1.807, 2.05) is 6.07 Å². The van der Waals surface area contributed by atoms with Gasteiger partial charge in [0.2, 0.25) is 0 Å². The zero-order chi connectivity index (χ0) is 11.6. The van der Waals surface area contributed by atoms with Crippen molar-refractivity contribution in [3.05, 3.63) is 12.4 Å². The second-order valence-electron chi connectivity index (χ2n) is 3.57. The van der Waals surface area contributed by atoms with E-state index in [1.165, 1.54) is 12.7 Å². The van der Waals surface area contributed by atoms with Gasteiger partial charge >= 0.3 is 0 Å². The number of aliphatic hydroxyl groups is 1. The summed E-state index contributed by atoms with van der Waals surface area (Å²) in [7, 11) is 0. The standard InChI is InChI=1S/C11H20N4O/c1-2-3-5-12-10-8-11(15-9-14-10)13-6-4-7-16/h8-9,16H,2-7H2,1H3,(H2,12,13,14,15). The van der Waals surface area contributed by atoms with Gasteiger partial charge in [0, 0.05) is 25.8 Å². The zero-order valence-corrected chi connectivity index (χ0v) is 9.74. The Bertz CT molecular complexity index is 268. The molecule has 1 aromatic heterocycles. The topological polar surface area (TPSA) is 70.1 Å². The molecule has 0 saturated carbocycles. The molecule has 0 unspecified atom stereocenters. The zero-order valence-electron chi connectivity index (χ0n) is 9.74. The third-order valence-corrected chi connectivity index (χ3v) is 2.14. The number of nitrogens with zero attached hydrogens (tertiary/aromatic N) is 2. The Morgan fingerprint density at radius 1 is 1.12 bits per heavy atom. The van der Waals surface area contributed by atoms with Crippen LogP contribution in [-0.2, 0) is 0 Å². The van der Waals surface area contributed by atoms with Gasteiger partial charge in [-0.25, -0.2) is 9.97 Å². The third kappa shape index (κ3) is 4.93. The molecule has 0 bridgehead atoms. The van der Waals surface area contributed by atoms with Crippen LogP contribution < -0.4 is 10.6 Å². The quantitative estimate of drug-likeness (QED) is 0.583. The second kappa shape index (κ2) is 7.87. The van der Waals surface area contributed by atoms with Crippen LogP contribution in [-0.4, -0.2) is 34.8 Å². The summed E-state index contributed by atoms with van der Waals surface area (Å²) in [5, 5.41) is 15.0. The molecule has 90 valence electrons. The molecule has 1 heterocycles. The number of nitrogens with one attached hydrogen (secondary N) is 2. The van der Waals surface area contributed by atoms with Crippen LogP contribution in [0, 0.1) is 0 Å². The molecule has 16 heavy (non-hydrogen) atoms. The molecule has 0 radical (unpaired) electrons. The summed E-state index contributed by atoms with van der Waals surface area (Å²) in [5.41, 5.74) is 0. The van der Waals surface area contributed by atoms with Crippen molar-refractivity contribution in [2.75, 3.05) is 30.3 Å². The minimum Gasteiger partial charge on any atom is -0.396 e. The van der Waals surface area contributed by atoms with Crippen molar-refractivity contribution in [2.24, 2.45) is 0 Å². The van der Waals surface area contributed by atoms with E-state index in [0.29, 0.717) is 0 Å². The molecule has 0 amide bonds. The third-order valence-electron chi connectivity index (χ3n) is 2.14. The molecule has 0 spiro atoms. The Labute approximate surface area is 96.3 Å². The molecule has 1 rings (SSSR count). The monoisotopic (exact) mass is 224 g/mol. The molecule has 0 atom stereocenters. The minimum absolute atomic E-state index is 0.194. The van der Waals surface area contributed by atoms with E-state index in [-0.39, 0.29) is 6.61 Å². The van der Waals surface area contributed by atoms with E-state index in [1.54, 1.807) is 0 Å². The second-order valence-corrected chi connectivity index (χ2v) is 3.57. The van der Waals surface area contributed by atoms with E-state index in [2.05, 4.69) is 27.5 Å². The van der Waals surface area contributed by atoms with Crippen LogP contribution in [0.15, 0.2) is 12.4 Å². The molecular formula is C11H20N4O. The molecule has 5 heteroatoms. The van der Waals surface area contributed by atoms with Crippen molar-refractivity contribution >= 4 is 11.6 Å². The molecule has 3 N–H and O–H groups in total. The largest absolute Gasteiger partial charge is 0.396 e. The van der Waals surface area contributed by atoms with Crippen molar-refractivity contribution in [3.8, 4) is 0 Å². The van der Waals surface area contributed by atoms with Gasteiger partial charge in [-0.2, -0.15) is 0 Å². The molecule has 5 nitrogen and oxygen atoms in total. The first-order valence-electron chi connectivity index (χ1n) is 5.77. The summed E-state index contributed by atoms with van der Waals surface area (Å²) in [6.07, 6.45) is 4.56. The lowest BCUT2D eigenvalue weighted by Crippen LogP contribution is -2.07. The SMILES string of the molecule is CCCCNc1cc(NCCCO)ncn1. The highest BCUT2D eigenvalue weighted by atomic mass is 16.3. The Balaban J connectivity index is 2.37. The van der Waals surface area contributed by atoms with Crippen molar-refractivity contribution in [3.63, 3.8) is 0 Å². The maximum atomic E-state index is 8.66. The summed E-state index contributed by atoms with van der Waals surface area (Å²) in [6.45, 7) is 4.01. The van der Waals surface area contributed by atoms with Crippen LogP contribution in [0.4, 0.5) is 11.6 Å². The highest BCUT2D eigenvalue weighted by Gasteiger charge is 1.97. The van der Waals surface area contributed by atoms with Gasteiger partial charge in [-0.1, -0.05) is 13.3 Å². The lowest BCUT2D eigenvalue weighted by atomic mass is 10.3. The fourth-order valence-electron chi connectivity index (χ4n) is 1.24. The fourth-order valence-corrected chi connectivity index (χ4v) is 1.24. The first-order valence-corrected chi connectivity index (χ1v) is 5.77. The van der Waals surface area contributed by atoms with Crippen LogP contribution in [0.1, 0.15) is 26.2 Å². The smallest absolute Gasteiger partial charge is 0.131 e. The molecule has 0 aliphatic carbocycles. The van der Waals surface area contributed by atoms with Crippen LogP contribution in [0.25, 0.3) is 0 Å². The molecule has 0 aliphatic rings. The average Bonchev–Trinajstić information content (AvgIpc) is 2.30. The Morgan fingerprint density at radius 3 is 2.31 bits per heavy atom. The van der Waals surface area contributed by atoms with Crippen LogP contribution >= 0.6 is 0 Å². The van der Waals surface area contributed by atoms with Gasteiger partial charge in [-0.15, -0.1) is 0 Å². The lowest BCUT2D eigenvalue weighted by molar-refractivity contribution is 0.292. The van der Waals surface area contributed by atoms with Gasteiger partial charge in [0.05, 0.1) is 0 Å². The van der Waals surface area contributed by atoms with E-state index in [0.717, 1.165) is 37.6 Å². The Morgan fingerprint density at radius 2 is 1.75 bits per heavy atom. The maximum absolute atomic E-state index is 8.66. The van der Waals surface area contributed by atoms with E-state index in [4.69, 9.17) is 5.11 Å². The van der Waals surface area contributed by atoms with Crippen LogP contribution in [0.5, 0.6) is 0 Å². The first kappa shape index (κ1) is 12.7. The number of unbranched alkanes of at least 4 members (excludes halogenated alkanes) is 1. The number of hydrogen-bond acceptors (Lipinski definition) is 5. The van der Waals surface area contributed by atoms with Crippen LogP contribution in [0.2, 0.25) is 0 Å². The van der Waals surface area contributed by atoms with Gasteiger partial charge in [-0.3, -0.25) is 0 Å². The number of hydrogen-bond donors (Lipinski definition) is 3. The van der Waals surface area contributed by atoms with Crippen molar-refractivity contribution in [1.29, 1.82) is 0 Å². The summed E-state index contributed by atoms with van der Waals surface area (Å²) < 4.78 is 0. The van der Waals surface area contributed by atoms with E-state index in [9.17, 15) is 0 Å². The highest BCUT2D eigenvalue weighted by molar-refractivity contribution is 5.46. The summed E-state index contributed by atoms with van der Waals surface area (Å²) >= 11 is 0. The van der Waals surface area contributed by atoms with Crippen LogP contribution in [0.3, 0.4) is 0 Å². The number of aromatic nitrogens is 2. The molecular weight excluding hydrogens is 204 g/mol. The summed E-state index contributed by atoms with van der Waals surface area (Å²) in [6, 6.07) is 1.88. The van der Waals surface area contributed by atoms with Crippen molar-refractivity contribution in [2.45, 2.75) is 26.2 Å². The first-order chi connectivity index (χ1) is 7.86. The van der Waals surface area contributed by atoms with Gasteiger partial charge < -0.3 is 15.7 Å². The number of aliphatic hydroxyl groups excluding tert-OH is 1. The lowest BCUT2D eigenvalue weighted by Gasteiger charge is -2.07. The van der Waals surface area contributed by atoms with Gasteiger partial charge in [-0.05, 0) is 12.8 Å². The van der Waals surface area contributed by atoms with E-state index < -0.39 is 0 Å². The molecule has 0 aliphatic heterocycles. The average molecular weight is 224 g/mol. The Kier molecular flexibility index (Phi) is 6.25. The van der Waals surface area contributed by atoms with Gasteiger partial charge in [0.1, 0.15) is 18.0 Å². The van der Waals surface area contributed by atoms with Crippen molar-refractivity contribution < 1.29 is 5.11 Å². The Hall–Kier alpha value is -1.36. The summed E-state index contributed by atoms with van der Waals surface area (Å²) in [5.74, 6) is 1.64. The van der Waals surface area contributed by atoms with Crippen molar-refractivity contribution in [1.82, 2.24) is 9.97 Å². The molecule has 0 fully saturated rings. The molecule has 0 aromatic carbocycles. The predicted octanol–water partition coefficient (Wildman–Crippen LogP) is 1.48. The fraction of sp³-hybridized carbons (Fsp3) is 0.636. The summed E-state index contributed by atoms with van der Waals surface area (Å²) in [4.78, 5) is 8.22. The minimum atomic E-state index is 0.194. The van der Waals surface area contributed by atoms with Gasteiger partial charge in [0.25, 0.3) is 0 Å². The number of rotatable bonds is 8. The maximum Gasteiger partial charge on any atom is 0.131 e. The molecule has 1 aromatic rings.